The minimum absolute atomic E-state index is 0.0216. The molecule has 0 aliphatic carbocycles. The zero-order chi connectivity index (χ0) is 16.8. The lowest BCUT2D eigenvalue weighted by Gasteiger charge is -2.06. The van der Waals surface area contributed by atoms with Crippen LogP contribution in [0.3, 0.4) is 0 Å². The fourth-order valence-electron chi connectivity index (χ4n) is 1.99. The zero-order valence-corrected chi connectivity index (χ0v) is 14.2. The molecule has 1 heterocycles. The van der Waals surface area contributed by atoms with Crippen LogP contribution in [-0.4, -0.2) is 31.9 Å². The van der Waals surface area contributed by atoms with Gasteiger partial charge in [0.05, 0.1) is 5.69 Å². The van der Waals surface area contributed by atoms with Crippen LogP contribution in [0.1, 0.15) is 6.42 Å². The third-order valence-electron chi connectivity index (χ3n) is 3.18. The zero-order valence-electron chi connectivity index (χ0n) is 12.6. The van der Waals surface area contributed by atoms with Crippen molar-refractivity contribution in [1.29, 1.82) is 0 Å². The normalized spacial score (nSPS) is 10.5. The first-order valence-corrected chi connectivity index (χ1v) is 8.59. The second-order valence-electron chi connectivity index (χ2n) is 4.90. The highest BCUT2D eigenvalue weighted by Gasteiger charge is 2.04. The van der Waals surface area contributed by atoms with E-state index in [1.807, 2.05) is 48.5 Å². The van der Waals surface area contributed by atoms with Gasteiger partial charge >= 0.3 is 0 Å². The van der Waals surface area contributed by atoms with E-state index in [9.17, 15) is 4.79 Å². The van der Waals surface area contributed by atoms with Crippen LogP contribution in [-0.2, 0) is 4.79 Å². The maximum Gasteiger partial charge on any atom is 0.225 e. The molecule has 0 spiro atoms. The Bertz CT molecular complexity index is 790. The minimum Gasteiger partial charge on any atom is -0.326 e. The second-order valence-corrected chi connectivity index (χ2v) is 6.51. The number of nitrogens with one attached hydrogen (secondary N) is 1. The van der Waals surface area contributed by atoms with Crippen molar-refractivity contribution in [3.05, 3.63) is 59.9 Å². The van der Waals surface area contributed by atoms with E-state index in [1.54, 1.807) is 16.4 Å². The molecule has 0 unspecified atom stereocenters. The summed E-state index contributed by atoms with van der Waals surface area (Å²) in [6.07, 6.45) is 1.95. The Hall–Kier alpha value is -2.38. The lowest BCUT2D eigenvalue weighted by Crippen LogP contribution is -2.12. The topological polar surface area (TPSA) is 72.7 Å². The van der Waals surface area contributed by atoms with Crippen molar-refractivity contribution in [1.82, 2.24) is 20.2 Å². The van der Waals surface area contributed by atoms with Gasteiger partial charge in [0.15, 0.2) is 0 Å². The molecule has 1 aromatic heterocycles. The number of carbonyl (C=O) groups excluding carboxylic acids is 1. The Labute approximate surface area is 148 Å². The molecule has 0 saturated carbocycles. The van der Waals surface area contributed by atoms with E-state index in [1.165, 1.54) is 6.33 Å². The predicted molar refractivity (Wildman–Crippen MR) is 94.6 cm³/mol. The fourth-order valence-corrected chi connectivity index (χ4v) is 2.97. The molecule has 0 radical (unpaired) electrons. The summed E-state index contributed by atoms with van der Waals surface area (Å²) in [7, 11) is 0. The smallest absolute Gasteiger partial charge is 0.225 e. The number of aromatic nitrogens is 4. The molecule has 0 atom stereocenters. The van der Waals surface area contributed by atoms with Gasteiger partial charge in [-0.25, -0.2) is 4.68 Å². The van der Waals surface area contributed by atoms with Crippen LogP contribution in [0.15, 0.2) is 59.8 Å². The molecule has 1 N–H and O–H groups in total. The Morgan fingerprint density at radius 2 is 1.88 bits per heavy atom. The Morgan fingerprint density at radius 3 is 2.54 bits per heavy atom. The van der Waals surface area contributed by atoms with E-state index in [2.05, 4.69) is 20.8 Å². The van der Waals surface area contributed by atoms with Crippen LogP contribution < -0.4 is 5.32 Å². The molecule has 0 saturated heterocycles. The number of carbonyl (C=O) groups is 1. The first-order chi connectivity index (χ1) is 11.7. The molecule has 8 heteroatoms. The van der Waals surface area contributed by atoms with Crippen molar-refractivity contribution in [3.63, 3.8) is 0 Å². The number of anilines is 1. The van der Waals surface area contributed by atoms with E-state index in [0.717, 1.165) is 16.3 Å². The van der Waals surface area contributed by atoms with Crippen LogP contribution >= 0.6 is 23.4 Å². The minimum atomic E-state index is -0.0216. The Balaban J connectivity index is 1.47. The molecule has 3 aromatic rings. The van der Waals surface area contributed by atoms with Crippen LogP contribution in [0, 0.1) is 0 Å². The molecule has 1 amide bonds. The van der Waals surface area contributed by atoms with Crippen molar-refractivity contribution in [2.45, 2.75) is 11.3 Å². The highest BCUT2D eigenvalue weighted by Crippen LogP contribution is 2.21. The molecular formula is C16H14ClN5OS. The molecule has 0 aliphatic heterocycles. The largest absolute Gasteiger partial charge is 0.326 e. The third kappa shape index (κ3) is 4.56. The third-order valence-corrected chi connectivity index (χ3v) is 4.44. The summed E-state index contributed by atoms with van der Waals surface area (Å²) in [4.78, 5) is 13.1. The van der Waals surface area contributed by atoms with Gasteiger partial charge in [-0.2, -0.15) is 0 Å². The van der Waals surface area contributed by atoms with E-state index in [-0.39, 0.29) is 5.91 Å². The van der Waals surface area contributed by atoms with E-state index >= 15 is 0 Å². The Kier molecular flexibility index (Phi) is 5.45. The van der Waals surface area contributed by atoms with Crippen LogP contribution in [0.25, 0.3) is 5.69 Å². The number of benzene rings is 2. The number of nitrogens with zero attached hydrogens (tertiary/aromatic N) is 4. The summed E-state index contributed by atoms with van der Waals surface area (Å²) in [6, 6.07) is 14.9. The van der Waals surface area contributed by atoms with Crippen molar-refractivity contribution in [2.24, 2.45) is 0 Å². The predicted octanol–water partition coefficient (Wildman–Crippen LogP) is 3.44. The molecule has 0 fully saturated rings. The summed E-state index contributed by atoms with van der Waals surface area (Å²) in [5.41, 5.74) is 1.57. The van der Waals surface area contributed by atoms with Gasteiger partial charge < -0.3 is 5.32 Å². The maximum atomic E-state index is 12.0. The van der Waals surface area contributed by atoms with Gasteiger partial charge in [-0.1, -0.05) is 11.6 Å². The van der Waals surface area contributed by atoms with Crippen LogP contribution in [0.5, 0.6) is 0 Å². The molecule has 122 valence electrons. The van der Waals surface area contributed by atoms with Gasteiger partial charge in [0.2, 0.25) is 5.91 Å². The Morgan fingerprint density at radius 1 is 1.12 bits per heavy atom. The number of rotatable bonds is 6. The number of thioether (sulfide) groups is 1. The van der Waals surface area contributed by atoms with Gasteiger partial charge in [-0.15, -0.1) is 16.9 Å². The summed E-state index contributed by atoms with van der Waals surface area (Å²) in [6.45, 7) is 0. The van der Waals surface area contributed by atoms with Crippen LogP contribution in [0.2, 0.25) is 5.02 Å². The molecule has 2 aromatic carbocycles. The average molecular weight is 360 g/mol. The molecule has 0 aliphatic rings. The second kappa shape index (κ2) is 7.94. The summed E-state index contributed by atoms with van der Waals surface area (Å²) in [5.74, 6) is 0.683. The van der Waals surface area contributed by atoms with Crippen molar-refractivity contribution in [2.75, 3.05) is 11.1 Å². The van der Waals surface area contributed by atoms with Crippen molar-refractivity contribution < 1.29 is 4.79 Å². The summed E-state index contributed by atoms with van der Waals surface area (Å²) >= 11 is 7.47. The van der Waals surface area contributed by atoms with Gasteiger partial charge in [-0.05, 0) is 59.0 Å². The number of hydrogen-bond acceptors (Lipinski definition) is 5. The van der Waals surface area contributed by atoms with E-state index in [0.29, 0.717) is 17.2 Å². The molecule has 24 heavy (non-hydrogen) atoms. The monoisotopic (exact) mass is 359 g/mol. The quantitative estimate of drug-likeness (QED) is 0.682. The summed E-state index contributed by atoms with van der Waals surface area (Å²) in [5, 5.41) is 14.6. The first kappa shape index (κ1) is 16.5. The first-order valence-electron chi connectivity index (χ1n) is 7.22. The molecular weight excluding hydrogens is 346 g/mol. The number of amides is 1. The van der Waals surface area contributed by atoms with E-state index in [4.69, 9.17) is 11.6 Å². The summed E-state index contributed by atoms with van der Waals surface area (Å²) < 4.78 is 1.55. The van der Waals surface area contributed by atoms with Gasteiger partial charge in [0.1, 0.15) is 6.33 Å². The molecule has 3 rings (SSSR count). The van der Waals surface area contributed by atoms with Crippen molar-refractivity contribution in [3.8, 4) is 5.69 Å². The van der Waals surface area contributed by atoms with Gasteiger partial charge in [0, 0.05) is 27.8 Å². The SMILES string of the molecule is O=C(CCSc1ccc(Cl)cc1)Nc1ccc(-n2cnnn2)cc1. The molecule has 6 nitrogen and oxygen atoms in total. The van der Waals surface area contributed by atoms with Gasteiger partial charge in [-0.3, -0.25) is 4.79 Å². The molecule has 0 bridgehead atoms. The van der Waals surface area contributed by atoms with Crippen molar-refractivity contribution >= 4 is 35.0 Å². The lowest BCUT2D eigenvalue weighted by molar-refractivity contribution is -0.115. The van der Waals surface area contributed by atoms with Crippen LogP contribution in [0.4, 0.5) is 5.69 Å². The lowest BCUT2D eigenvalue weighted by atomic mass is 10.2. The fraction of sp³-hybridized carbons (Fsp3) is 0.125. The number of halogens is 1. The van der Waals surface area contributed by atoms with E-state index < -0.39 is 0 Å². The average Bonchev–Trinajstić information content (AvgIpc) is 3.12. The maximum absolute atomic E-state index is 12.0. The number of tetrazole rings is 1. The highest BCUT2D eigenvalue weighted by molar-refractivity contribution is 7.99. The number of hydrogen-bond donors (Lipinski definition) is 1. The highest BCUT2D eigenvalue weighted by atomic mass is 35.5. The standard InChI is InChI=1S/C16H14ClN5OS/c17-12-1-7-15(8-2-12)24-10-9-16(23)19-13-3-5-14(6-4-13)22-11-18-20-21-22/h1-8,11H,9-10H2,(H,19,23). The van der Waals surface area contributed by atoms with Gasteiger partial charge in [0.25, 0.3) is 0 Å².